The van der Waals surface area contributed by atoms with E-state index < -0.39 is 59.5 Å². The van der Waals surface area contributed by atoms with E-state index in [1.54, 1.807) is 95.5 Å². The normalized spacial score (nSPS) is 18.5. The van der Waals surface area contributed by atoms with Crippen LogP contribution in [0.4, 0.5) is 0 Å². The molecule has 62 heavy (non-hydrogen) atoms. The Morgan fingerprint density at radius 2 is 1.52 bits per heavy atom. The van der Waals surface area contributed by atoms with Crippen molar-refractivity contribution in [2.45, 2.75) is 82.3 Å². The molecule has 0 unspecified atom stereocenters. The predicted octanol–water partition coefficient (Wildman–Crippen LogP) is 5.86. The van der Waals surface area contributed by atoms with Gasteiger partial charge >= 0.3 is 11.9 Å². The molecule has 4 aromatic carbocycles. The Balaban J connectivity index is 1.20. The van der Waals surface area contributed by atoms with Gasteiger partial charge in [0.05, 0.1) is 18.2 Å². The minimum atomic E-state index is -1.39. The number of carbonyl (C=O) groups is 5. The number of benzene rings is 4. The molecule has 324 valence electrons. The highest BCUT2D eigenvalue weighted by Gasteiger charge is 2.55. The smallest absolute Gasteiger partial charge is 0.338 e. The number of ether oxygens (including phenoxy) is 4. The lowest BCUT2D eigenvalue weighted by Gasteiger charge is -2.31. The van der Waals surface area contributed by atoms with Crippen LogP contribution in [0.15, 0.2) is 127 Å². The molecule has 0 bridgehead atoms. The fourth-order valence-electron chi connectivity index (χ4n) is 7.16. The van der Waals surface area contributed by atoms with Gasteiger partial charge in [-0.3, -0.25) is 19.2 Å². The summed E-state index contributed by atoms with van der Waals surface area (Å²) in [6.07, 6.45) is 2.39. The number of esters is 2. The minimum absolute atomic E-state index is 0.00692. The van der Waals surface area contributed by atoms with Crippen LogP contribution in [0, 0.1) is 0 Å². The van der Waals surface area contributed by atoms with Gasteiger partial charge in [-0.15, -0.1) is 0 Å². The summed E-state index contributed by atoms with van der Waals surface area (Å²) in [5, 5.41) is 15.6. The van der Waals surface area contributed by atoms with Gasteiger partial charge in [0.2, 0.25) is 17.6 Å². The Labute approximate surface area is 361 Å². The molecular weight excluding hydrogens is 791 g/mol. The van der Waals surface area contributed by atoms with E-state index in [9.17, 15) is 29.1 Å². The van der Waals surface area contributed by atoms with Crippen LogP contribution in [0.1, 0.15) is 83.0 Å². The first kappa shape index (κ1) is 45.1. The third kappa shape index (κ3) is 11.5. The highest BCUT2D eigenvalue weighted by atomic mass is 16.8. The number of rotatable bonds is 15. The Morgan fingerprint density at radius 1 is 0.855 bits per heavy atom. The van der Waals surface area contributed by atoms with Gasteiger partial charge in [-0.25, -0.2) is 4.79 Å². The SMILES string of the molecule is CN(C)C(=O)C=Cc1cccc(C(=O)O[C@@H]2CC(C(=O)NCc3cccc(C(=O)N[C@H](CO)CCC(=O)OC(C)(C)C)c3)=C[C@H]3OC(c4ccccc4)(c4ccccc4)O[C@H]32)c1. The quantitative estimate of drug-likeness (QED) is 0.0974. The van der Waals surface area contributed by atoms with E-state index >= 15 is 0 Å². The highest BCUT2D eigenvalue weighted by Crippen LogP contribution is 2.47. The molecule has 3 amide bonds. The van der Waals surface area contributed by atoms with Crippen LogP contribution in [-0.4, -0.2) is 90.3 Å². The van der Waals surface area contributed by atoms with Gasteiger partial charge < -0.3 is 39.6 Å². The summed E-state index contributed by atoms with van der Waals surface area (Å²) in [4.78, 5) is 66.9. The third-order valence-corrected chi connectivity index (χ3v) is 10.2. The molecule has 1 heterocycles. The molecule has 1 aliphatic carbocycles. The van der Waals surface area contributed by atoms with E-state index in [4.69, 9.17) is 18.9 Å². The number of likely N-dealkylation sites (N-methyl/N-ethyl adjacent to an activating group) is 1. The lowest BCUT2D eigenvalue weighted by atomic mass is 9.91. The first-order valence-corrected chi connectivity index (χ1v) is 20.5. The van der Waals surface area contributed by atoms with Crippen molar-refractivity contribution < 1.29 is 48.0 Å². The zero-order valence-corrected chi connectivity index (χ0v) is 35.5. The maximum Gasteiger partial charge on any atom is 0.338 e. The second-order valence-corrected chi connectivity index (χ2v) is 16.4. The van der Waals surface area contributed by atoms with E-state index in [-0.39, 0.29) is 43.9 Å². The van der Waals surface area contributed by atoms with Crippen molar-refractivity contribution in [1.29, 1.82) is 0 Å². The van der Waals surface area contributed by atoms with Crippen molar-refractivity contribution >= 4 is 35.7 Å². The van der Waals surface area contributed by atoms with Gasteiger partial charge in [0.25, 0.3) is 5.91 Å². The number of fused-ring (bicyclic) bond motifs is 1. The number of amides is 3. The van der Waals surface area contributed by atoms with Gasteiger partial charge in [0.1, 0.15) is 23.9 Å². The van der Waals surface area contributed by atoms with Gasteiger partial charge in [0.15, 0.2) is 0 Å². The molecule has 0 radical (unpaired) electrons. The van der Waals surface area contributed by atoms with E-state index in [2.05, 4.69) is 10.6 Å². The standard InChI is InChI=1S/C49H53N3O10/c1-48(2,3)61-43(55)25-23-39(31-53)51-46(57)34-16-13-15-33(27-34)30-50-45(56)36-28-40(59-47(58)35-17-12-14-32(26-35)22-24-42(54)52(4)5)44-41(29-36)60-49(62-44,37-18-8-6-9-19-37)38-20-10-7-11-21-38/h6-22,24,26-27,29,39-41,44,53H,23,25,28,30-31H2,1-5H3,(H,50,56)(H,51,57)/t39-,40+,41+,44-/m0/s1. The van der Waals surface area contributed by atoms with E-state index in [0.29, 0.717) is 33.4 Å². The number of nitrogens with one attached hydrogen (secondary N) is 2. The van der Waals surface area contributed by atoms with Crippen LogP contribution in [0.3, 0.4) is 0 Å². The summed E-state index contributed by atoms with van der Waals surface area (Å²) in [5.41, 5.74) is 2.90. The highest BCUT2D eigenvalue weighted by molar-refractivity contribution is 5.96. The lowest BCUT2D eigenvalue weighted by molar-refractivity contribution is -0.157. The summed E-state index contributed by atoms with van der Waals surface area (Å²) >= 11 is 0. The van der Waals surface area contributed by atoms with Gasteiger partial charge in [-0.1, -0.05) is 84.9 Å². The minimum Gasteiger partial charge on any atom is -0.460 e. The zero-order valence-electron chi connectivity index (χ0n) is 35.5. The van der Waals surface area contributed by atoms with E-state index in [0.717, 1.165) is 0 Å². The van der Waals surface area contributed by atoms with Gasteiger partial charge in [0, 0.05) is 61.8 Å². The number of hydrogen-bond donors (Lipinski definition) is 3. The summed E-state index contributed by atoms with van der Waals surface area (Å²) in [6, 6.07) is 31.6. The molecule has 0 aromatic heterocycles. The fraction of sp³-hybridized carbons (Fsp3) is 0.327. The molecule has 4 aromatic rings. The average Bonchev–Trinajstić information content (AvgIpc) is 3.67. The molecule has 13 nitrogen and oxygen atoms in total. The number of hydrogen-bond acceptors (Lipinski definition) is 10. The summed E-state index contributed by atoms with van der Waals surface area (Å²) in [6.45, 7) is 4.99. The fourth-order valence-corrected chi connectivity index (χ4v) is 7.16. The third-order valence-electron chi connectivity index (χ3n) is 10.2. The molecular formula is C49H53N3O10. The first-order chi connectivity index (χ1) is 29.6. The van der Waals surface area contributed by atoms with Crippen molar-refractivity contribution in [3.63, 3.8) is 0 Å². The van der Waals surface area contributed by atoms with Crippen molar-refractivity contribution in [1.82, 2.24) is 15.5 Å². The van der Waals surface area contributed by atoms with E-state index in [1.165, 1.54) is 11.0 Å². The Bertz CT molecular complexity index is 2260. The van der Waals surface area contributed by atoms with Crippen LogP contribution in [0.5, 0.6) is 0 Å². The van der Waals surface area contributed by atoms with Crippen molar-refractivity contribution in [2.24, 2.45) is 0 Å². The van der Waals surface area contributed by atoms with Crippen LogP contribution < -0.4 is 10.6 Å². The van der Waals surface area contributed by atoms with Crippen molar-refractivity contribution in [3.8, 4) is 0 Å². The molecule has 3 N–H and O–H groups in total. The molecule has 1 aliphatic heterocycles. The molecule has 1 saturated heterocycles. The van der Waals surface area contributed by atoms with Crippen LogP contribution in [-0.2, 0) is 45.7 Å². The monoisotopic (exact) mass is 843 g/mol. The Morgan fingerprint density at radius 3 is 2.16 bits per heavy atom. The maximum absolute atomic E-state index is 14.0. The number of carbonyl (C=O) groups excluding carboxylic acids is 5. The van der Waals surface area contributed by atoms with Gasteiger partial charge in [-0.05, 0) is 74.7 Å². The summed E-state index contributed by atoms with van der Waals surface area (Å²) in [5.74, 6) is -3.55. The number of nitrogens with zero attached hydrogens (tertiary/aromatic N) is 1. The van der Waals surface area contributed by atoms with Crippen LogP contribution >= 0.6 is 0 Å². The van der Waals surface area contributed by atoms with Crippen LogP contribution in [0.25, 0.3) is 6.08 Å². The molecule has 0 spiro atoms. The molecule has 4 atom stereocenters. The van der Waals surface area contributed by atoms with Gasteiger partial charge in [-0.2, -0.15) is 0 Å². The van der Waals surface area contributed by atoms with E-state index in [1.807, 2.05) is 60.7 Å². The number of aliphatic hydroxyl groups excluding tert-OH is 1. The number of aliphatic hydroxyl groups is 1. The van der Waals surface area contributed by atoms with Crippen LogP contribution in [0.2, 0.25) is 0 Å². The summed E-state index contributed by atoms with van der Waals surface area (Å²) < 4.78 is 25.2. The Hall–Kier alpha value is -6.41. The molecule has 13 heteroatoms. The largest absolute Gasteiger partial charge is 0.460 e. The average molecular weight is 844 g/mol. The lowest BCUT2D eigenvalue weighted by Crippen LogP contribution is -2.43. The molecule has 1 fully saturated rings. The predicted molar refractivity (Wildman–Crippen MR) is 231 cm³/mol. The molecule has 0 saturated carbocycles. The topological polar surface area (TPSA) is 170 Å². The Kier molecular flexibility index (Phi) is 14.5. The second-order valence-electron chi connectivity index (χ2n) is 16.4. The maximum atomic E-state index is 14.0. The molecule has 6 rings (SSSR count). The van der Waals surface area contributed by atoms with Crippen molar-refractivity contribution in [2.75, 3.05) is 20.7 Å². The first-order valence-electron chi connectivity index (χ1n) is 20.5. The van der Waals surface area contributed by atoms with Crippen molar-refractivity contribution in [3.05, 3.63) is 160 Å². The second kappa shape index (κ2) is 20.0. The zero-order chi connectivity index (χ0) is 44.4. The summed E-state index contributed by atoms with van der Waals surface area (Å²) in [7, 11) is 3.29. The molecule has 2 aliphatic rings.